The van der Waals surface area contributed by atoms with Crippen LogP contribution in [0.3, 0.4) is 0 Å². The molecule has 0 saturated carbocycles. The van der Waals surface area contributed by atoms with E-state index in [4.69, 9.17) is 4.98 Å². The summed E-state index contributed by atoms with van der Waals surface area (Å²) in [6.07, 6.45) is 0. The first-order valence-corrected chi connectivity index (χ1v) is 10.6. The van der Waals surface area contributed by atoms with Gasteiger partial charge in [-0.05, 0) is 32.9 Å². The largest absolute Gasteiger partial charge is 0.274 e. The zero-order chi connectivity index (χ0) is 18.8. The van der Waals surface area contributed by atoms with E-state index >= 15 is 0 Å². The fourth-order valence-corrected chi connectivity index (χ4v) is 4.59. The summed E-state index contributed by atoms with van der Waals surface area (Å²) in [6, 6.07) is 16.9. The molecule has 136 valence electrons. The monoisotopic (exact) mass is 392 g/mol. The van der Waals surface area contributed by atoms with Crippen LogP contribution in [0.15, 0.2) is 59.1 Å². The molecular weight excluding hydrogens is 372 g/mol. The molecule has 0 aliphatic rings. The highest BCUT2D eigenvalue weighted by atomic mass is 32.2. The molecule has 0 atom stereocenters. The summed E-state index contributed by atoms with van der Waals surface area (Å²) in [4.78, 5) is 4.79. The van der Waals surface area contributed by atoms with E-state index in [0.29, 0.717) is 0 Å². The quantitative estimate of drug-likeness (QED) is 0.414. The van der Waals surface area contributed by atoms with Crippen LogP contribution in [-0.4, -0.2) is 19.7 Å². The summed E-state index contributed by atoms with van der Waals surface area (Å²) in [5, 5.41) is 12.7. The van der Waals surface area contributed by atoms with Crippen LogP contribution in [0.1, 0.15) is 22.6 Å². The molecule has 6 heteroatoms. The molecule has 2 heterocycles. The molecule has 2 aromatic heterocycles. The van der Waals surface area contributed by atoms with Crippen molar-refractivity contribution < 1.29 is 0 Å². The number of hydrogen-bond donors (Lipinski definition) is 0. The number of rotatable bonds is 5. The van der Waals surface area contributed by atoms with E-state index in [-0.39, 0.29) is 0 Å². The zero-order valence-electron chi connectivity index (χ0n) is 15.5. The lowest BCUT2D eigenvalue weighted by Crippen LogP contribution is -1.99. The molecule has 4 rings (SSSR count). The highest BCUT2D eigenvalue weighted by molar-refractivity contribution is 7.98. The van der Waals surface area contributed by atoms with Gasteiger partial charge in [-0.2, -0.15) is 0 Å². The van der Waals surface area contributed by atoms with E-state index in [0.717, 1.165) is 33.1 Å². The molecule has 0 N–H and O–H groups in total. The first kappa shape index (κ1) is 17.9. The topological polar surface area (TPSA) is 43.6 Å². The Bertz CT molecular complexity index is 1050. The van der Waals surface area contributed by atoms with Crippen LogP contribution in [0.2, 0.25) is 0 Å². The molecule has 0 amide bonds. The second-order valence-corrected chi connectivity index (χ2v) is 8.30. The van der Waals surface area contributed by atoms with E-state index in [1.54, 1.807) is 23.1 Å². The molecule has 4 aromatic rings. The predicted molar refractivity (Wildman–Crippen MR) is 113 cm³/mol. The molecule has 4 nitrogen and oxygen atoms in total. The lowest BCUT2D eigenvalue weighted by atomic mass is 10.2. The van der Waals surface area contributed by atoms with Gasteiger partial charge in [-0.25, -0.2) is 4.98 Å². The van der Waals surface area contributed by atoms with Crippen LogP contribution in [0, 0.1) is 20.8 Å². The van der Waals surface area contributed by atoms with Gasteiger partial charge in [-0.1, -0.05) is 59.3 Å². The minimum atomic E-state index is 0.770. The summed E-state index contributed by atoms with van der Waals surface area (Å²) in [5.74, 6) is 1.66. The van der Waals surface area contributed by atoms with Crippen LogP contribution >= 0.6 is 23.1 Å². The fourth-order valence-electron chi connectivity index (χ4n) is 2.77. The van der Waals surface area contributed by atoms with Gasteiger partial charge in [0, 0.05) is 22.4 Å². The maximum atomic E-state index is 4.79. The molecule has 0 fully saturated rings. The Morgan fingerprint density at radius 3 is 2.26 bits per heavy atom. The molecule has 0 bridgehead atoms. The molecule has 0 spiro atoms. The summed E-state index contributed by atoms with van der Waals surface area (Å²) < 4.78 is 2.09. The number of aryl methyl sites for hydroxylation is 3. The molecular formula is C21H20N4S2. The number of nitrogens with zero attached hydrogens (tertiary/aromatic N) is 4. The van der Waals surface area contributed by atoms with Crippen LogP contribution in [-0.2, 0) is 5.75 Å². The van der Waals surface area contributed by atoms with E-state index in [1.165, 1.54) is 16.7 Å². The minimum Gasteiger partial charge on any atom is -0.274 e. The van der Waals surface area contributed by atoms with Gasteiger partial charge in [0.15, 0.2) is 5.16 Å². The third-order valence-corrected chi connectivity index (χ3v) is 6.19. The maximum Gasteiger partial charge on any atom is 0.196 e. The predicted octanol–water partition coefficient (Wildman–Crippen LogP) is 5.61. The Kier molecular flexibility index (Phi) is 5.09. The van der Waals surface area contributed by atoms with Gasteiger partial charge in [0.05, 0.1) is 5.69 Å². The molecule has 27 heavy (non-hydrogen) atoms. The Labute approximate surface area is 167 Å². The Balaban J connectivity index is 1.51. The van der Waals surface area contributed by atoms with Gasteiger partial charge in [0.2, 0.25) is 0 Å². The van der Waals surface area contributed by atoms with Gasteiger partial charge in [-0.3, -0.25) is 4.57 Å². The third-order valence-electron chi connectivity index (χ3n) is 4.29. The molecule has 0 aliphatic heterocycles. The zero-order valence-corrected chi connectivity index (χ0v) is 17.1. The van der Waals surface area contributed by atoms with Crippen molar-refractivity contribution in [3.8, 4) is 16.3 Å². The molecule has 2 aromatic carbocycles. The first-order chi connectivity index (χ1) is 13.1. The first-order valence-electron chi connectivity index (χ1n) is 8.73. The van der Waals surface area contributed by atoms with Crippen LogP contribution in [0.5, 0.6) is 0 Å². The average Bonchev–Trinajstić information content (AvgIpc) is 3.28. The normalized spacial score (nSPS) is 11.1. The van der Waals surface area contributed by atoms with Crippen molar-refractivity contribution in [1.82, 2.24) is 19.7 Å². The van der Waals surface area contributed by atoms with Crippen molar-refractivity contribution >= 4 is 23.1 Å². The second-order valence-electron chi connectivity index (χ2n) is 6.50. The summed E-state index contributed by atoms with van der Waals surface area (Å²) in [6.45, 7) is 6.17. The van der Waals surface area contributed by atoms with E-state index in [2.05, 4.69) is 82.5 Å². The van der Waals surface area contributed by atoms with Crippen molar-refractivity contribution in [2.24, 2.45) is 0 Å². The summed E-state index contributed by atoms with van der Waals surface area (Å²) in [5.41, 5.74) is 5.82. The van der Waals surface area contributed by atoms with Gasteiger partial charge in [0.25, 0.3) is 0 Å². The fraction of sp³-hybridized carbons (Fsp3) is 0.190. The van der Waals surface area contributed by atoms with Crippen molar-refractivity contribution in [3.63, 3.8) is 0 Å². The Hall–Kier alpha value is -2.44. The lowest BCUT2D eigenvalue weighted by molar-refractivity contribution is 0.867. The average molecular weight is 393 g/mol. The Morgan fingerprint density at radius 1 is 0.889 bits per heavy atom. The highest BCUT2D eigenvalue weighted by Crippen LogP contribution is 2.29. The number of thioether (sulfide) groups is 1. The van der Waals surface area contributed by atoms with Crippen LogP contribution in [0.4, 0.5) is 0 Å². The van der Waals surface area contributed by atoms with Gasteiger partial charge >= 0.3 is 0 Å². The third kappa shape index (κ3) is 3.96. The Morgan fingerprint density at radius 2 is 1.56 bits per heavy atom. The molecule has 0 aliphatic carbocycles. The minimum absolute atomic E-state index is 0.770. The van der Waals surface area contributed by atoms with Crippen LogP contribution in [0.25, 0.3) is 16.3 Å². The van der Waals surface area contributed by atoms with E-state index in [9.17, 15) is 0 Å². The smallest absolute Gasteiger partial charge is 0.196 e. The van der Waals surface area contributed by atoms with Crippen LogP contribution < -0.4 is 0 Å². The van der Waals surface area contributed by atoms with Gasteiger partial charge in [0.1, 0.15) is 10.8 Å². The van der Waals surface area contributed by atoms with Crippen molar-refractivity contribution in [1.29, 1.82) is 0 Å². The lowest BCUT2D eigenvalue weighted by Gasteiger charge is -2.08. The maximum absolute atomic E-state index is 4.79. The highest BCUT2D eigenvalue weighted by Gasteiger charge is 2.13. The molecule has 0 saturated heterocycles. The molecule has 0 unspecified atom stereocenters. The SMILES string of the molecule is Cc1ccc(-c2nc(CSc3nnc(C)n3-c3ccc(C)cc3)cs2)cc1. The van der Waals surface area contributed by atoms with Crippen molar-refractivity contribution in [2.75, 3.05) is 0 Å². The number of hydrogen-bond acceptors (Lipinski definition) is 5. The molecule has 0 radical (unpaired) electrons. The summed E-state index contributed by atoms with van der Waals surface area (Å²) >= 11 is 3.35. The van der Waals surface area contributed by atoms with Crippen molar-refractivity contribution in [2.45, 2.75) is 31.7 Å². The second kappa shape index (κ2) is 7.66. The van der Waals surface area contributed by atoms with Crippen molar-refractivity contribution in [3.05, 3.63) is 76.6 Å². The number of benzene rings is 2. The van der Waals surface area contributed by atoms with E-state index in [1.807, 2.05) is 6.92 Å². The summed E-state index contributed by atoms with van der Waals surface area (Å²) in [7, 11) is 0. The van der Waals surface area contributed by atoms with Gasteiger partial charge < -0.3 is 0 Å². The number of thiazole rings is 1. The van der Waals surface area contributed by atoms with E-state index < -0.39 is 0 Å². The van der Waals surface area contributed by atoms with Gasteiger partial charge in [-0.15, -0.1) is 21.5 Å². The standard InChI is InChI=1S/C21H20N4S2/c1-14-4-8-17(9-5-14)20-22-18(12-26-20)13-27-21-24-23-16(3)25(21)19-10-6-15(2)7-11-19/h4-12H,13H2,1-3H3. The number of aromatic nitrogens is 4.